The van der Waals surface area contributed by atoms with E-state index in [2.05, 4.69) is 9.68 Å². The van der Waals surface area contributed by atoms with E-state index in [0.29, 0.717) is 0 Å². The maximum absolute atomic E-state index is 13.6. The van der Waals surface area contributed by atoms with Crippen LogP contribution in [0.5, 0.6) is 5.75 Å². The number of rotatable bonds is 3. The molecule has 6 heteroatoms. The smallest absolute Gasteiger partial charge is 0.283 e. The Bertz CT molecular complexity index is 525. The van der Waals surface area contributed by atoms with Crippen molar-refractivity contribution >= 4 is 0 Å². The molecule has 0 amide bonds. The SMILES string of the molecule is COc1cccc(F)c1-c1cc(C(F)F)no1. The first kappa shape index (κ1) is 11.5. The minimum atomic E-state index is -2.76. The molecule has 2 aromatic rings. The van der Waals surface area contributed by atoms with Crippen molar-refractivity contribution in [1.29, 1.82) is 0 Å². The summed E-state index contributed by atoms with van der Waals surface area (Å²) in [5.41, 5.74) is -0.556. The van der Waals surface area contributed by atoms with Gasteiger partial charge in [0.05, 0.1) is 12.7 Å². The fourth-order valence-corrected chi connectivity index (χ4v) is 1.42. The van der Waals surface area contributed by atoms with Crippen molar-refractivity contribution in [1.82, 2.24) is 5.16 Å². The average Bonchev–Trinajstić information content (AvgIpc) is 2.77. The summed E-state index contributed by atoms with van der Waals surface area (Å²) in [5, 5.41) is 3.16. The van der Waals surface area contributed by atoms with Crippen LogP contribution in [0, 0.1) is 5.82 Å². The third-order valence-corrected chi connectivity index (χ3v) is 2.19. The molecule has 17 heavy (non-hydrogen) atoms. The third-order valence-electron chi connectivity index (χ3n) is 2.19. The van der Waals surface area contributed by atoms with Crippen LogP contribution in [0.4, 0.5) is 13.2 Å². The summed E-state index contributed by atoms with van der Waals surface area (Å²) in [7, 11) is 1.35. The zero-order valence-electron chi connectivity index (χ0n) is 8.78. The van der Waals surface area contributed by atoms with Gasteiger partial charge in [0, 0.05) is 6.07 Å². The van der Waals surface area contributed by atoms with E-state index in [9.17, 15) is 13.2 Å². The van der Waals surface area contributed by atoms with E-state index in [1.54, 1.807) is 0 Å². The van der Waals surface area contributed by atoms with Gasteiger partial charge in [-0.25, -0.2) is 13.2 Å². The summed E-state index contributed by atoms with van der Waals surface area (Å²) in [6, 6.07) is 5.12. The van der Waals surface area contributed by atoms with Gasteiger partial charge in [0.1, 0.15) is 17.3 Å². The van der Waals surface area contributed by atoms with Crippen LogP contribution in [0.25, 0.3) is 11.3 Å². The van der Waals surface area contributed by atoms with Crippen molar-refractivity contribution in [2.24, 2.45) is 0 Å². The van der Waals surface area contributed by atoms with E-state index in [-0.39, 0.29) is 17.1 Å². The lowest BCUT2D eigenvalue weighted by molar-refractivity contribution is 0.140. The molecule has 0 aliphatic carbocycles. The van der Waals surface area contributed by atoms with Crippen molar-refractivity contribution in [3.8, 4) is 17.1 Å². The highest BCUT2D eigenvalue weighted by atomic mass is 19.3. The maximum atomic E-state index is 13.6. The molecule has 0 saturated carbocycles. The quantitative estimate of drug-likeness (QED) is 0.828. The highest BCUT2D eigenvalue weighted by Crippen LogP contribution is 2.34. The van der Waals surface area contributed by atoms with Gasteiger partial charge in [-0.1, -0.05) is 11.2 Å². The zero-order valence-corrected chi connectivity index (χ0v) is 8.78. The Morgan fingerprint density at radius 3 is 2.71 bits per heavy atom. The second kappa shape index (κ2) is 4.48. The number of benzene rings is 1. The van der Waals surface area contributed by atoms with Crippen LogP contribution in [0.15, 0.2) is 28.8 Å². The molecule has 3 nitrogen and oxygen atoms in total. The molecule has 90 valence electrons. The van der Waals surface area contributed by atoms with Crippen LogP contribution >= 0.6 is 0 Å². The molecular formula is C11H8F3NO2. The van der Waals surface area contributed by atoms with Gasteiger partial charge in [-0.15, -0.1) is 0 Å². The highest BCUT2D eigenvalue weighted by Gasteiger charge is 2.19. The predicted molar refractivity (Wildman–Crippen MR) is 53.4 cm³/mol. The van der Waals surface area contributed by atoms with Gasteiger partial charge in [0.2, 0.25) is 0 Å². The van der Waals surface area contributed by atoms with E-state index >= 15 is 0 Å². The fraction of sp³-hybridized carbons (Fsp3) is 0.182. The summed E-state index contributed by atoms with van der Waals surface area (Å²) >= 11 is 0. The zero-order chi connectivity index (χ0) is 12.4. The minimum absolute atomic E-state index is 0.0191. The van der Waals surface area contributed by atoms with Gasteiger partial charge >= 0.3 is 0 Å². The molecule has 1 heterocycles. The Morgan fingerprint density at radius 1 is 1.35 bits per heavy atom. The van der Waals surface area contributed by atoms with E-state index in [1.165, 1.54) is 25.3 Å². The molecule has 0 unspecified atom stereocenters. The summed E-state index contributed by atoms with van der Waals surface area (Å²) < 4.78 is 47.9. The Kier molecular flexibility index (Phi) is 3.03. The van der Waals surface area contributed by atoms with Crippen LogP contribution in [0.3, 0.4) is 0 Å². The molecule has 0 radical (unpaired) electrons. The largest absolute Gasteiger partial charge is 0.496 e. The maximum Gasteiger partial charge on any atom is 0.283 e. The van der Waals surface area contributed by atoms with Crippen LogP contribution < -0.4 is 4.74 Å². The van der Waals surface area contributed by atoms with Gasteiger partial charge in [-0.2, -0.15) is 0 Å². The van der Waals surface area contributed by atoms with Crippen LogP contribution in [-0.4, -0.2) is 12.3 Å². The molecule has 0 bridgehead atoms. The molecule has 0 saturated heterocycles. The normalized spacial score (nSPS) is 10.9. The highest BCUT2D eigenvalue weighted by molar-refractivity contribution is 5.66. The molecule has 1 aromatic carbocycles. The Morgan fingerprint density at radius 2 is 2.12 bits per heavy atom. The lowest BCUT2D eigenvalue weighted by atomic mass is 10.1. The standard InChI is InChI=1S/C11H8F3NO2/c1-16-8-4-2-3-6(12)10(8)9-5-7(11(13)14)15-17-9/h2-5,11H,1H3. The lowest BCUT2D eigenvalue weighted by Gasteiger charge is -2.05. The number of nitrogens with zero attached hydrogens (tertiary/aromatic N) is 1. The molecule has 2 rings (SSSR count). The van der Waals surface area contributed by atoms with Gasteiger partial charge < -0.3 is 9.26 Å². The summed E-state index contributed by atoms with van der Waals surface area (Å²) in [4.78, 5) is 0. The van der Waals surface area contributed by atoms with Crippen LogP contribution in [0.2, 0.25) is 0 Å². The number of hydrogen-bond acceptors (Lipinski definition) is 3. The Balaban J connectivity index is 2.51. The first-order chi connectivity index (χ1) is 8.13. The number of halogens is 3. The van der Waals surface area contributed by atoms with Gasteiger partial charge in [0.25, 0.3) is 6.43 Å². The fourth-order valence-electron chi connectivity index (χ4n) is 1.42. The second-order valence-corrected chi connectivity index (χ2v) is 3.23. The predicted octanol–water partition coefficient (Wildman–Crippen LogP) is 3.43. The van der Waals surface area contributed by atoms with E-state index < -0.39 is 17.9 Å². The number of methoxy groups -OCH3 is 1. The molecule has 1 aromatic heterocycles. The monoisotopic (exact) mass is 243 g/mol. The third kappa shape index (κ3) is 2.11. The number of hydrogen-bond donors (Lipinski definition) is 0. The van der Waals surface area contributed by atoms with E-state index in [1.807, 2.05) is 0 Å². The van der Waals surface area contributed by atoms with Crippen molar-refractivity contribution in [3.63, 3.8) is 0 Å². The topological polar surface area (TPSA) is 35.3 Å². The molecule has 0 aliphatic heterocycles. The van der Waals surface area contributed by atoms with Crippen molar-refractivity contribution in [2.75, 3.05) is 7.11 Å². The van der Waals surface area contributed by atoms with Crippen LogP contribution in [-0.2, 0) is 0 Å². The first-order valence-electron chi connectivity index (χ1n) is 4.71. The van der Waals surface area contributed by atoms with Crippen molar-refractivity contribution < 1.29 is 22.4 Å². The lowest BCUT2D eigenvalue weighted by Crippen LogP contribution is -1.90. The van der Waals surface area contributed by atoms with Crippen LogP contribution in [0.1, 0.15) is 12.1 Å². The summed E-state index contributed by atoms with van der Waals surface area (Å²) in [5.74, 6) is -0.515. The molecule has 0 N–H and O–H groups in total. The molecule has 0 fully saturated rings. The van der Waals surface area contributed by atoms with E-state index in [0.717, 1.165) is 6.07 Å². The average molecular weight is 243 g/mol. The summed E-state index contributed by atoms with van der Waals surface area (Å²) in [6.07, 6.45) is -2.76. The second-order valence-electron chi connectivity index (χ2n) is 3.23. The van der Waals surface area contributed by atoms with E-state index in [4.69, 9.17) is 4.74 Å². The number of ether oxygens (including phenoxy) is 1. The molecule has 0 aliphatic rings. The van der Waals surface area contributed by atoms with Gasteiger partial charge in [0.15, 0.2) is 5.76 Å². The van der Waals surface area contributed by atoms with Crippen molar-refractivity contribution in [3.05, 3.63) is 35.8 Å². The number of aromatic nitrogens is 1. The minimum Gasteiger partial charge on any atom is -0.496 e. The number of alkyl halides is 2. The molecule has 0 spiro atoms. The van der Waals surface area contributed by atoms with Crippen molar-refractivity contribution in [2.45, 2.75) is 6.43 Å². The van der Waals surface area contributed by atoms with Gasteiger partial charge in [-0.05, 0) is 12.1 Å². The summed E-state index contributed by atoms with van der Waals surface area (Å²) in [6.45, 7) is 0. The first-order valence-corrected chi connectivity index (χ1v) is 4.71. The molecule has 0 atom stereocenters. The Labute approximate surface area is 94.8 Å². The van der Waals surface area contributed by atoms with Gasteiger partial charge in [-0.3, -0.25) is 0 Å². The Hall–Kier alpha value is -1.98. The molecular weight excluding hydrogens is 235 g/mol.